The van der Waals surface area contributed by atoms with Gasteiger partial charge in [-0.15, -0.1) is 0 Å². The monoisotopic (exact) mass is 318 g/mol. The molecule has 1 aliphatic carbocycles. The summed E-state index contributed by atoms with van der Waals surface area (Å²) < 4.78 is 45.7. The SMILES string of the molecule is C=C1CO[C@]2(O[C@H]1c1ccco1)c1ccccc1C(=O)C2(F)F. The molecule has 118 valence electrons. The Balaban J connectivity index is 1.87. The van der Waals surface area contributed by atoms with Crippen molar-refractivity contribution in [3.05, 3.63) is 71.7 Å². The Morgan fingerprint density at radius 3 is 2.70 bits per heavy atom. The molecule has 4 rings (SSSR count). The van der Waals surface area contributed by atoms with Gasteiger partial charge in [-0.1, -0.05) is 30.8 Å². The Hall–Kier alpha value is -2.31. The van der Waals surface area contributed by atoms with Gasteiger partial charge >= 0.3 is 5.92 Å². The van der Waals surface area contributed by atoms with Gasteiger partial charge in [0.25, 0.3) is 5.79 Å². The fraction of sp³-hybridized carbons (Fsp3) is 0.235. The van der Waals surface area contributed by atoms with E-state index in [0.717, 1.165) is 0 Å². The maximum Gasteiger partial charge on any atom is 0.366 e. The molecule has 4 nitrogen and oxygen atoms in total. The van der Waals surface area contributed by atoms with Crippen LogP contribution in [0.1, 0.15) is 27.8 Å². The molecule has 0 N–H and O–H groups in total. The van der Waals surface area contributed by atoms with Crippen molar-refractivity contribution in [2.75, 3.05) is 6.61 Å². The Morgan fingerprint density at radius 1 is 1.17 bits per heavy atom. The molecule has 0 saturated carbocycles. The number of carbonyl (C=O) groups excluding carboxylic acids is 1. The van der Waals surface area contributed by atoms with Gasteiger partial charge < -0.3 is 13.9 Å². The number of halogens is 2. The Labute approximate surface area is 130 Å². The first-order chi connectivity index (χ1) is 11.0. The van der Waals surface area contributed by atoms with E-state index in [2.05, 4.69) is 6.58 Å². The number of fused-ring (bicyclic) bond motifs is 2. The molecule has 2 atom stereocenters. The fourth-order valence-electron chi connectivity index (χ4n) is 3.01. The summed E-state index contributed by atoms with van der Waals surface area (Å²) in [7, 11) is 0. The summed E-state index contributed by atoms with van der Waals surface area (Å²) in [5.41, 5.74) is 0.375. The summed E-state index contributed by atoms with van der Waals surface area (Å²) in [5.74, 6) is -7.26. The molecule has 1 aliphatic heterocycles. The largest absolute Gasteiger partial charge is 0.466 e. The normalized spacial score (nSPS) is 29.0. The molecule has 1 spiro atoms. The van der Waals surface area contributed by atoms with Crippen LogP contribution in [0.25, 0.3) is 0 Å². The second kappa shape index (κ2) is 4.59. The minimum absolute atomic E-state index is 0.0269. The third kappa shape index (κ3) is 1.73. The van der Waals surface area contributed by atoms with Crippen LogP contribution in [-0.2, 0) is 15.3 Å². The number of alkyl halides is 2. The van der Waals surface area contributed by atoms with Gasteiger partial charge in [0.15, 0.2) is 0 Å². The number of ether oxygens (including phenoxy) is 2. The van der Waals surface area contributed by atoms with Crippen molar-refractivity contribution in [3.63, 3.8) is 0 Å². The van der Waals surface area contributed by atoms with E-state index in [1.807, 2.05) is 0 Å². The first kappa shape index (κ1) is 14.3. The maximum absolute atomic E-state index is 14.8. The molecule has 0 unspecified atom stereocenters. The van der Waals surface area contributed by atoms with E-state index in [1.54, 1.807) is 18.2 Å². The quantitative estimate of drug-likeness (QED) is 0.754. The molecule has 2 aromatic rings. The van der Waals surface area contributed by atoms with Gasteiger partial charge in [-0.05, 0) is 17.7 Å². The van der Waals surface area contributed by atoms with Gasteiger partial charge in [0, 0.05) is 11.1 Å². The number of rotatable bonds is 1. The molecule has 0 bridgehead atoms. The zero-order valence-corrected chi connectivity index (χ0v) is 11.9. The second-order valence-corrected chi connectivity index (χ2v) is 5.53. The highest BCUT2D eigenvalue weighted by Crippen LogP contribution is 2.55. The van der Waals surface area contributed by atoms with Gasteiger partial charge in [0.1, 0.15) is 11.9 Å². The van der Waals surface area contributed by atoms with E-state index >= 15 is 0 Å². The van der Waals surface area contributed by atoms with E-state index < -0.39 is 23.6 Å². The molecule has 23 heavy (non-hydrogen) atoms. The van der Waals surface area contributed by atoms with Crippen LogP contribution < -0.4 is 0 Å². The number of benzene rings is 1. The highest BCUT2D eigenvalue weighted by molar-refractivity contribution is 6.07. The molecule has 6 heteroatoms. The van der Waals surface area contributed by atoms with E-state index in [0.29, 0.717) is 11.3 Å². The van der Waals surface area contributed by atoms with Crippen LogP contribution in [0.4, 0.5) is 8.78 Å². The van der Waals surface area contributed by atoms with Crippen LogP contribution in [0, 0.1) is 0 Å². The number of ketones is 1. The summed E-state index contributed by atoms with van der Waals surface area (Å²) in [6, 6.07) is 9.08. The van der Waals surface area contributed by atoms with E-state index in [-0.39, 0.29) is 17.7 Å². The van der Waals surface area contributed by atoms with Crippen LogP contribution in [0.15, 0.2) is 59.2 Å². The molecule has 1 fully saturated rings. The van der Waals surface area contributed by atoms with Crippen molar-refractivity contribution in [2.24, 2.45) is 0 Å². The molecule has 2 aliphatic rings. The lowest BCUT2D eigenvalue weighted by molar-refractivity contribution is -0.354. The zero-order valence-electron chi connectivity index (χ0n) is 11.9. The third-order valence-corrected chi connectivity index (χ3v) is 4.14. The zero-order chi connectivity index (χ0) is 16.2. The van der Waals surface area contributed by atoms with E-state index in [4.69, 9.17) is 13.9 Å². The minimum atomic E-state index is -3.83. The molecule has 1 saturated heterocycles. The van der Waals surface area contributed by atoms with Crippen molar-refractivity contribution in [1.29, 1.82) is 0 Å². The number of carbonyl (C=O) groups is 1. The number of Topliss-reactive ketones (excluding diaryl/α,β-unsaturated/α-hetero) is 1. The molecular formula is C17H12F2O4. The third-order valence-electron chi connectivity index (χ3n) is 4.14. The van der Waals surface area contributed by atoms with Crippen molar-refractivity contribution in [1.82, 2.24) is 0 Å². The van der Waals surface area contributed by atoms with Crippen molar-refractivity contribution in [2.45, 2.75) is 17.8 Å². The number of hydrogen-bond donors (Lipinski definition) is 0. The van der Waals surface area contributed by atoms with E-state index in [9.17, 15) is 13.6 Å². The fourth-order valence-corrected chi connectivity index (χ4v) is 3.01. The van der Waals surface area contributed by atoms with Crippen LogP contribution >= 0.6 is 0 Å². The second-order valence-electron chi connectivity index (χ2n) is 5.53. The average Bonchev–Trinajstić information content (AvgIpc) is 3.13. The molecule has 0 amide bonds. The van der Waals surface area contributed by atoms with E-state index in [1.165, 1.54) is 24.5 Å². The Kier molecular flexibility index (Phi) is 2.86. The molecule has 1 aromatic carbocycles. The highest BCUT2D eigenvalue weighted by Gasteiger charge is 2.71. The van der Waals surface area contributed by atoms with Crippen molar-refractivity contribution in [3.8, 4) is 0 Å². The summed E-state index contributed by atoms with van der Waals surface area (Å²) >= 11 is 0. The lowest BCUT2D eigenvalue weighted by Gasteiger charge is -2.41. The Morgan fingerprint density at radius 2 is 1.96 bits per heavy atom. The van der Waals surface area contributed by atoms with Crippen LogP contribution in [0.5, 0.6) is 0 Å². The molecule has 1 aromatic heterocycles. The standard InChI is InChI=1S/C17H12F2O4/c1-10-9-22-17(23-14(10)13-7-4-8-21-13)12-6-3-2-5-11(12)15(20)16(17,18)19/h2-8,14H,1,9H2/t14-,17+/m1/s1. The van der Waals surface area contributed by atoms with Gasteiger partial charge in [-0.25, -0.2) is 0 Å². The first-order valence-corrected chi connectivity index (χ1v) is 7.02. The predicted octanol–water partition coefficient (Wildman–Crippen LogP) is 3.61. The van der Waals surface area contributed by atoms with Crippen LogP contribution in [0.2, 0.25) is 0 Å². The number of furan rings is 1. The smallest absolute Gasteiger partial charge is 0.366 e. The van der Waals surface area contributed by atoms with Gasteiger partial charge in [-0.2, -0.15) is 8.78 Å². The number of hydrogen-bond acceptors (Lipinski definition) is 4. The van der Waals surface area contributed by atoms with Crippen molar-refractivity contribution >= 4 is 5.78 Å². The Bertz CT molecular complexity index is 797. The molecule has 2 heterocycles. The highest BCUT2D eigenvalue weighted by atomic mass is 19.3. The van der Waals surface area contributed by atoms with Gasteiger partial charge in [0.2, 0.25) is 5.78 Å². The first-order valence-electron chi connectivity index (χ1n) is 7.02. The lowest BCUT2D eigenvalue weighted by atomic mass is 10.0. The predicted molar refractivity (Wildman–Crippen MR) is 75.0 cm³/mol. The molecule has 0 radical (unpaired) electrons. The lowest BCUT2D eigenvalue weighted by Crippen LogP contribution is -2.52. The van der Waals surface area contributed by atoms with Crippen LogP contribution in [0.3, 0.4) is 0 Å². The van der Waals surface area contributed by atoms with Gasteiger partial charge in [0.05, 0.1) is 12.9 Å². The topological polar surface area (TPSA) is 48.7 Å². The van der Waals surface area contributed by atoms with Crippen molar-refractivity contribution < 1.29 is 27.5 Å². The average molecular weight is 318 g/mol. The maximum atomic E-state index is 14.8. The van der Waals surface area contributed by atoms with Gasteiger partial charge in [-0.3, -0.25) is 4.79 Å². The summed E-state index contributed by atoms with van der Waals surface area (Å²) in [4.78, 5) is 12.1. The molecular weight excluding hydrogens is 306 g/mol. The minimum Gasteiger partial charge on any atom is -0.466 e. The summed E-state index contributed by atoms with van der Waals surface area (Å²) in [6.07, 6.45) is 0.503. The summed E-state index contributed by atoms with van der Waals surface area (Å²) in [5, 5.41) is 0. The van der Waals surface area contributed by atoms with Crippen LogP contribution in [-0.4, -0.2) is 18.3 Å². The summed E-state index contributed by atoms with van der Waals surface area (Å²) in [6.45, 7) is 3.62.